The van der Waals surface area contributed by atoms with Gasteiger partial charge in [0.15, 0.2) is 6.61 Å². The maximum Gasteiger partial charge on any atom is 0.408 e. The van der Waals surface area contributed by atoms with Crippen molar-refractivity contribution < 1.29 is 18.3 Å². The molecule has 0 radical (unpaired) electrons. The molecule has 1 aromatic carbocycles. The van der Waals surface area contributed by atoms with Gasteiger partial charge in [0, 0.05) is 11.7 Å². The minimum Gasteiger partial charge on any atom is -0.443 e. The number of benzene rings is 1. The van der Waals surface area contributed by atoms with Crippen molar-refractivity contribution in [2.75, 3.05) is 6.61 Å². The predicted molar refractivity (Wildman–Crippen MR) is 60.5 cm³/mol. The van der Waals surface area contributed by atoms with Gasteiger partial charge in [-0.1, -0.05) is 12.1 Å². The molecule has 2 heterocycles. The molecule has 1 aliphatic heterocycles. The van der Waals surface area contributed by atoms with Crippen molar-refractivity contribution in [1.29, 1.82) is 0 Å². The average Bonchev–Trinajstić information content (AvgIpc) is 2.79. The number of hydrogen-bond acceptors (Lipinski definition) is 2. The quantitative estimate of drug-likeness (QED) is 0.819. The number of carbonyl (C=O) groups excluding carboxylic acids is 1. The van der Waals surface area contributed by atoms with E-state index in [-0.39, 0.29) is 0 Å². The van der Waals surface area contributed by atoms with Crippen molar-refractivity contribution in [3.05, 3.63) is 36.0 Å². The number of hydrogen-bond donors (Lipinski definition) is 2. The monoisotopic (exact) mass is 252 g/mol. The van der Waals surface area contributed by atoms with Crippen molar-refractivity contribution in [2.45, 2.75) is 12.0 Å². The van der Waals surface area contributed by atoms with E-state index in [1.54, 1.807) is 24.4 Å². The van der Waals surface area contributed by atoms with E-state index in [1.165, 1.54) is 0 Å². The van der Waals surface area contributed by atoms with E-state index in [0.29, 0.717) is 5.56 Å². The number of cyclic esters (lactones) is 1. The summed E-state index contributed by atoms with van der Waals surface area (Å²) in [5.41, 5.74) is 1.11. The van der Waals surface area contributed by atoms with E-state index in [2.05, 4.69) is 15.0 Å². The zero-order chi connectivity index (χ0) is 12.8. The van der Waals surface area contributed by atoms with Gasteiger partial charge in [-0.05, 0) is 23.1 Å². The smallest absolute Gasteiger partial charge is 0.408 e. The lowest BCUT2D eigenvalue weighted by Gasteiger charge is -2.31. The average molecular weight is 252 g/mol. The van der Waals surface area contributed by atoms with Gasteiger partial charge in [-0.15, -0.1) is 0 Å². The minimum atomic E-state index is -3.12. The highest BCUT2D eigenvalue weighted by Gasteiger charge is 2.46. The predicted octanol–water partition coefficient (Wildman–Crippen LogP) is 2.58. The molecule has 2 N–H and O–H groups in total. The van der Waals surface area contributed by atoms with Crippen LogP contribution < -0.4 is 5.32 Å². The number of nitrogens with one attached hydrogen (secondary N) is 2. The molecular formula is C12H10F2N2O2. The highest BCUT2D eigenvalue weighted by atomic mass is 19.3. The molecule has 1 aromatic heterocycles. The Bertz CT molecular complexity index is 609. The molecule has 6 heteroatoms. The number of alkyl halides is 2. The molecule has 0 spiro atoms. The van der Waals surface area contributed by atoms with E-state index in [0.717, 1.165) is 10.9 Å². The van der Waals surface area contributed by atoms with Crippen LogP contribution >= 0.6 is 0 Å². The van der Waals surface area contributed by atoms with Crippen LogP contribution in [0.25, 0.3) is 10.9 Å². The first-order valence-corrected chi connectivity index (χ1v) is 5.44. The number of halogens is 2. The molecule has 2 aromatic rings. The first-order valence-electron chi connectivity index (χ1n) is 5.44. The molecule has 1 atom stereocenters. The Hall–Kier alpha value is -2.11. The molecule has 4 nitrogen and oxygen atoms in total. The molecule has 0 unspecified atom stereocenters. The zero-order valence-electron chi connectivity index (χ0n) is 9.24. The Balaban J connectivity index is 2.03. The highest BCUT2D eigenvalue weighted by molar-refractivity contribution is 5.80. The van der Waals surface area contributed by atoms with Gasteiger partial charge in [0.1, 0.15) is 6.04 Å². The van der Waals surface area contributed by atoms with Crippen LogP contribution in [0.2, 0.25) is 0 Å². The number of aromatic nitrogens is 1. The maximum absolute atomic E-state index is 13.7. The van der Waals surface area contributed by atoms with Gasteiger partial charge in [0.25, 0.3) is 0 Å². The van der Waals surface area contributed by atoms with E-state index in [1.807, 2.05) is 6.07 Å². The number of ether oxygens (including phenoxy) is 1. The topological polar surface area (TPSA) is 54.1 Å². The second kappa shape index (κ2) is 3.69. The number of rotatable bonds is 1. The third-order valence-corrected chi connectivity index (χ3v) is 2.99. The standard InChI is InChI=1S/C12H10F2N2O2/c13-12(14)6-18-11(17)16-10(12)8-2-1-7-3-4-15-9(7)5-8/h1-5,10,15H,6H2,(H,16,17)/t10-/m1/s1. The van der Waals surface area contributed by atoms with Gasteiger partial charge in [0.2, 0.25) is 0 Å². The van der Waals surface area contributed by atoms with Crippen molar-refractivity contribution in [1.82, 2.24) is 10.3 Å². The van der Waals surface area contributed by atoms with Gasteiger partial charge in [-0.3, -0.25) is 0 Å². The lowest BCUT2D eigenvalue weighted by Crippen LogP contribution is -2.49. The lowest BCUT2D eigenvalue weighted by molar-refractivity contribution is -0.104. The fourth-order valence-electron chi connectivity index (χ4n) is 2.08. The first-order chi connectivity index (χ1) is 8.56. The number of amides is 1. The van der Waals surface area contributed by atoms with Crippen LogP contribution in [-0.4, -0.2) is 23.6 Å². The molecular weight excluding hydrogens is 242 g/mol. The van der Waals surface area contributed by atoms with Gasteiger partial charge in [0.05, 0.1) is 0 Å². The molecule has 0 saturated carbocycles. The molecule has 18 heavy (non-hydrogen) atoms. The van der Waals surface area contributed by atoms with Crippen molar-refractivity contribution in [2.24, 2.45) is 0 Å². The third-order valence-electron chi connectivity index (χ3n) is 2.99. The summed E-state index contributed by atoms with van der Waals surface area (Å²) >= 11 is 0. The summed E-state index contributed by atoms with van der Waals surface area (Å²) in [5.74, 6) is -3.12. The SMILES string of the molecule is O=C1N[C@H](c2ccc3cc[nH]c3c2)C(F)(F)CO1. The van der Waals surface area contributed by atoms with Gasteiger partial charge >= 0.3 is 12.0 Å². The summed E-state index contributed by atoms with van der Waals surface area (Å²) in [6.07, 6.45) is 0.910. The Morgan fingerprint density at radius 3 is 3.00 bits per heavy atom. The van der Waals surface area contributed by atoms with Gasteiger partial charge in [-0.2, -0.15) is 0 Å². The van der Waals surface area contributed by atoms with E-state index >= 15 is 0 Å². The van der Waals surface area contributed by atoms with Crippen LogP contribution in [0.5, 0.6) is 0 Å². The van der Waals surface area contributed by atoms with Crippen molar-refractivity contribution in [3.8, 4) is 0 Å². The van der Waals surface area contributed by atoms with E-state index in [9.17, 15) is 13.6 Å². The number of fused-ring (bicyclic) bond motifs is 1. The highest BCUT2D eigenvalue weighted by Crippen LogP contribution is 2.35. The van der Waals surface area contributed by atoms with Crippen LogP contribution in [0.15, 0.2) is 30.5 Å². The van der Waals surface area contributed by atoms with Gasteiger partial charge < -0.3 is 15.0 Å². The normalized spacial score (nSPS) is 22.6. The second-order valence-corrected chi connectivity index (χ2v) is 4.24. The molecule has 1 saturated heterocycles. The Kier molecular flexibility index (Phi) is 2.26. The van der Waals surface area contributed by atoms with E-state index in [4.69, 9.17) is 0 Å². The summed E-state index contributed by atoms with van der Waals surface area (Å²) < 4.78 is 31.7. The first kappa shape index (κ1) is 11.0. The minimum absolute atomic E-state index is 0.353. The van der Waals surface area contributed by atoms with E-state index < -0.39 is 24.7 Å². The van der Waals surface area contributed by atoms with Crippen LogP contribution in [-0.2, 0) is 4.74 Å². The Morgan fingerprint density at radius 1 is 1.33 bits per heavy atom. The molecule has 0 aliphatic carbocycles. The summed E-state index contributed by atoms with van der Waals surface area (Å²) in [6.45, 7) is -0.897. The molecule has 1 fully saturated rings. The van der Waals surface area contributed by atoms with Crippen molar-refractivity contribution >= 4 is 17.0 Å². The largest absolute Gasteiger partial charge is 0.443 e. The second-order valence-electron chi connectivity index (χ2n) is 4.24. The lowest BCUT2D eigenvalue weighted by atomic mass is 9.99. The molecule has 1 amide bonds. The summed E-state index contributed by atoms with van der Waals surface area (Å²) in [4.78, 5) is 14.0. The number of aromatic amines is 1. The van der Waals surface area contributed by atoms with Crippen LogP contribution in [0.1, 0.15) is 11.6 Å². The Morgan fingerprint density at radius 2 is 2.17 bits per heavy atom. The zero-order valence-corrected chi connectivity index (χ0v) is 9.24. The summed E-state index contributed by atoms with van der Waals surface area (Å²) in [6, 6.07) is 5.42. The van der Waals surface area contributed by atoms with Gasteiger partial charge in [-0.25, -0.2) is 13.6 Å². The molecule has 1 aliphatic rings. The fourth-order valence-corrected chi connectivity index (χ4v) is 2.08. The third kappa shape index (κ3) is 1.70. The number of alkyl carbamates (subject to hydrolysis) is 1. The number of carbonyl (C=O) groups is 1. The van der Waals surface area contributed by atoms with Crippen LogP contribution in [0, 0.1) is 0 Å². The fraction of sp³-hybridized carbons (Fsp3) is 0.250. The Labute approximate surface area is 101 Å². The maximum atomic E-state index is 13.7. The van der Waals surface area contributed by atoms with Crippen LogP contribution in [0.3, 0.4) is 0 Å². The molecule has 0 bridgehead atoms. The summed E-state index contributed by atoms with van der Waals surface area (Å²) in [5, 5.41) is 3.09. The van der Waals surface area contributed by atoms with Crippen molar-refractivity contribution in [3.63, 3.8) is 0 Å². The molecule has 94 valence electrons. The number of H-pyrrole nitrogens is 1. The molecule has 3 rings (SSSR count). The van der Waals surface area contributed by atoms with Crippen LogP contribution in [0.4, 0.5) is 13.6 Å². The summed E-state index contributed by atoms with van der Waals surface area (Å²) in [7, 11) is 0.